The molecule has 8 aliphatic carbocycles. The third-order valence-corrected chi connectivity index (χ3v) is 10.8. The number of ether oxygens (including phenoxy) is 2. The molecule has 8 saturated carbocycles. The number of carbonyl (C=O) groups excluding carboxylic acids is 2. The zero-order chi connectivity index (χ0) is 25.3. The fourth-order valence-electron chi connectivity index (χ4n) is 9.98. The Balaban J connectivity index is 1.14. The van der Waals surface area contributed by atoms with E-state index < -0.39 is 35.7 Å². The molecular formula is C28H40F3NO4. The highest BCUT2D eigenvalue weighted by molar-refractivity contribution is 5.78. The van der Waals surface area contributed by atoms with Gasteiger partial charge in [-0.1, -0.05) is 0 Å². The monoisotopic (exact) mass is 511 g/mol. The van der Waals surface area contributed by atoms with Gasteiger partial charge in [-0.3, -0.25) is 9.59 Å². The first kappa shape index (κ1) is 25.0. The highest BCUT2D eigenvalue weighted by atomic mass is 19.4. The van der Waals surface area contributed by atoms with Crippen LogP contribution in [0.4, 0.5) is 13.2 Å². The second-order valence-corrected chi connectivity index (χ2v) is 13.7. The predicted molar refractivity (Wildman–Crippen MR) is 126 cm³/mol. The molecule has 8 heteroatoms. The molecule has 0 spiro atoms. The molecule has 1 N–H and O–H groups in total. The Labute approximate surface area is 211 Å². The van der Waals surface area contributed by atoms with E-state index in [-0.39, 0.29) is 18.5 Å². The topological polar surface area (TPSA) is 64.6 Å². The van der Waals surface area contributed by atoms with Crippen LogP contribution in [0.1, 0.15) is 84.0 Å². The number of esters is 2. The molecule has 202 valence electrons. The van der Waals surface area contributed by atoms with Crippen LogP contribution in [0.5, 0.6) is 0 Å². The SMILES string of the molecule is CC(NCC(F)(F)F)C(COC(=O)C12CC3CC(CC(C3)C1)C2)OC(=O)C12CC3CC(CC(C3)C1)C2. The first-order valence-corrected chi connectivity index (χ1v) is 14.2. The predicted octanol–water partition coefficient (Wildman–Crippen LogP) is 5.41. The molecule has 36 heavy (non-hydrogen) atoms. The molecule has 0 heterocycles. The second-order valence-electron chi connectivity index (χ2n) is 13.7. The maximum atomic E-state index is 13.6. The molecule has 8 rings (SSSR count). The lowest BCUT2D eigenvalue weighted by atomic mass is 9.49. The molecule has 2 unspecified atom stereocenters. The molecule has 0 radical (unpaired) electrons. The fourth-order valence-corrected chi connectivity index (χ4v) is 9.98. The van der Waals surface area contributed by atoms with Crippen molar-refractivity contribution in [2.24, 2.45) is 46.3 Å². The molecule has 5 nitrogen and oxygen atoms in total. The van der Waals surface area contributed by atoms with Crippen molar-refractivity contribution in [1.82, 2.24) is 5.32 Å². The van der Waals surface area contributed by atoms with E-state index in [9.17, 15) is 22.8 Å². The van der Waals surface area contributed by atoms with Gasteiger partial charge in [-0.25, -0.2) is 0 Å². The van der Waals surface area contributed by atoms with E-state index in [0.717, 1.165) is 38.5 Å². The minimum absolute atomic E-state index is 0.190. The number of alkyl halides is 3. The molecule has 0 amide bonds. The Kier molecular flexibility index (Phi) is 6.16. The van der Waals surface area contributed by atoms with Gasteiger partial charge in [0.05, 0.1) is 17.4 Å². The van der Waals surface area contributed by atoms with E-state index >= 15 is 0 Å². The molecule has 0 saturated heterocycles. The Morgan fingerprint density at radius 2 is 1.17 bits per heavy atom. The van der Waals surface area contributed by atoms with Crippen molar-refractivity contribution in [2.75, 3.05) is 13.2 Å². The zero-order valence-electron chi connectivity index (χ0n) is 21.3. The van der Waals surface area contributed by atoms with Crippen molar-refractivity contribution in [3.63, 3.8) is 0 Å². The summed E-state index contributed by atoms with van der Waals surface area (Å²) in [5.41, 5.74) is -0.966. The van der Waals surface area contributed by atoms with Gasteiger partial charge in [0.1, 0.15) is 6.61 Å². The third-order valence-electron chi connectivity index (χ3n) is 10.8. The number of halogens is 3. The van der Waals surface area contributed by atoms with Crippen molar-refractivity contribution < 1.29 is 32.2 Å². The summed E-state index contributed by atoms with van der Waals surface area (Å²) in [5.74, 6) is 2.88. The van der Waals surface area contributed by atoms with E-state index in [1.165, 1.54) is 38.5 Å². The van der Waals surface area contributed by atoms with Crippen LogP contribution in [0.15, 0.2) is 0 Å². The number of carbonyl (C=O) groups is 2. The smallest absolute Gasteiger partial charge is 0.401 e. The number of nitrogens with one attached hydrogen (secondary N) is 1. The van der Waals surface area contributed by atoms with Gasteiger partial charge in [0, 0.05) is 6.04 Å². The molecule has 0 aromatic rings. The van der Waals surface area contributed by atoms with Crippen molar-refractivity contribution in [2.45, 2.75) is 102 Å². The number of rotatable bonds is 8. The van der Waals surface area contributed by atoms with Crippen molar-refractivity contribution in [3.05, 3.63) is 0 Å². The van der Waals surface area contributed by atoms with Crippen LogP contribution in [0.2, 0.25) is 0 Å². The van der Waals surface area contributed by atoms with Crippen LogP contribution in [0, 0.1) is 46.3 Å². The first-order chi connectivity index (χ1) is 17.0. The molecule has 0 aromatic carbocycles. The normalized spacial score (nSPS) is 43.9. The highest BCUT2D eigenvalue weighted by Gasteiger charge is 2.57. The first-order valence-electron chi connectivity index (χ1n) is 14.2. The van der Waals surface area contributed by atoms with Crippen molar-refractivity contribution in [1.29, 1.82) is 0 Å². The zero-order valence-corrected chi connectivity index (χ0v) is 21.3. The van der Waals surface area contributed by atoms with Crippen LogP contribution in [-0.4, -0.2) is 43.4 Å². The maximum Gasteiger partial charge on any atom is 0.401 e. The molecule has 2 atom stereocenters. The van der Waals surface area contributed by atoms with E-state index in [2.05, 4.69) is 5.32 Å². The summed E-state index contributed by atoms with van der Waals surface area (Å²) < 4.78 is 50.6. The average molecular weight is 512 g/mol. The van der Waals surface area contributed by atoms with Crippen molar-refractivity contribution in [3.8, 4) is 0 Å². The van der Waals surface area contributed by atoms with E-state index in [1.807, 2.05) is 0 Å². The van der Waals surface area contributed by atoms with Gasteiger partial charge in [0.15, 0.2) is 6.10 Å². The standard InChI is InChI=1S/C28H40F3NO4/c1-16(32-15-28(29,30)31)23(36-25(34)27-11-20-5-21(12-27)7-22(6-20)13-27)14-35-24(33)26-8-17-2-18(9-26)4-19(3-17)10-26/h16-23,32H,2-15H2,1H3. The summed E-state index contributed by atoms with van der Waals surface area (Å²) in [6.07, 6.45) is 6.89. The molecular weight excluding hydrogens is 471 g/mol. The Morgan fingerprint density at radius 1 is 0.778 bits per heavy atom. The third kappa shape index (κ3) is 4.69. The summed E-state index contributed by atoms with van der Waals surface area (Å²) in [5, 5.41) is 2.47. The molecule has 0 aromatic heterocycles. The fraction of sp³-hybridized carbons (Fsp3) is 0.929. The van der Waals surface area contributed by atoms with Crippen LogP contribution >= 0.6 is 0 Å². The molecule has 8 bridgehead atoms. The van der Waals surface area contributed by atoms with Gasteiger partial charge in [0.2, 0.25) is 0 Å². The average Bonchev–Trinajstić information content (AvgIpc) is 2.77. The summed E-state index contributed by atoms with van der Waals surface area (Å²) in [6.45, 7) is 0.217. The van der Waals surface area contributed by atoms with Crippen LogP contribution in [0.3, 0.4) is 0 Å². The Morgan fingerprint density at radius 3 is 1.56 bits per heavy atom. The maximum absolute atomic E-state index is 13.6. The van der Waals surface area contributed by atoms with E-state index in [0.29, 0.717) is 35.5 Å². The Bertz CT molecular complexity index is 816. The minimum atomic E-state index is -4.38. The summed E-state index contributed by atoms with van der Waals surface area (Å²) in [7, 11) is 0. The lowest BCUT2D eigenvalue weighted by Gasteiger charge is -2.55. The molecule has 0 aliphatic heterocycles. The summed E-state index contributed by atoms with van der Waals surface area (Å²) in [6, 6.07) is -0.784. The quantitative estimate of drug-likeness (QED) is 0.441. The van der Waals surface area contributed by atoms with Gasteiger partial charge < -0.3 is 14.8 Å². The largest absolute Gasteiger partial charge is 0.461 e. The van der Waals surface area contributed by atoms with Crippen LogP contribution in [-0.2, 0) is 19.1 Å². The van der Waals surface area contributed by atoms with Gasteiger partial charge in [-0.2, -0.15) is 13.2 Å². The number of hydrogen-bond donors (Lipinski definition) is 1. The minimum Gasteiger partial charge on any atom is -0.461 e. The van der Waals surface area contributed by atoms with Crippen LogP contribution < -0.4 is 5.32 Å². The highest BCUT2D eigenvalue weighted by Crippen LogP contribution is 2.61. The van der Waals surface area contributed by atoms with Gasteiger partial charge >= 0.3 is 18.1 Å². The summed E-state index contributed by atoms with van der Waals surface area (Å²) in [4.78, 5) is 27.0. The Hall–Kier alpha value is -1.31. The van der Waals surface area contributed by atoms with Crippen molar-refractivity contribution >= 4 is 11.9 Å². The van der Waals surface area contributed by atoms with E-state index in [1.54, 1.807) is 6.92 Å². The lowest BCUT2D eigenvalue weighted by Crippen LogP contribution is -2.54. The lowest BCUT2D eigenvalue weighted by molar-refractivity contribution is -0.189. The van der Waals surface area contributed by atoms with Crippen LogP contribution in [0.25, 0.3) is 0 Å². The molecule has 8 aliphatic rings. The molecule has 8 fully saturated rings. The van der Waals surface area contributed by atoms with E-state index in [4.69, 9.17) is 9.47 Å². The van der Waals surface area contributed by atoms with Gasteiger partial charge in [0.25, 0.3) is 0 Å². The number of hydrogen-bond acceptors (Lipinski definition) is 5. The second kappa shape index (κ2) is 8.88. The van der Waals surface area contributed by atoms with Gasteiger partial charge in [-0.15, -0.1) is 0 Å². The summed E-state index contributed by atoms with van der Waals surface area (Å²) >= 11 is 0. The van der Waals surface area contributed by atoms with Gasteiger partial charge in [-0.05, 0) is 119 Å².